The second kappa shape index (κ2) is 10.7. The van der Waals surface area contributed by atoms with Crippen molar-refractivity contribution in [3.63, 3.8) is 0 Å². The standard InChI is InChI=1S/C23H27BrN2O4S/c1-6-12-26(13-7-2)31(28,29)21-10-8-20(9-11-21)25-23(27)18(5)30-22-16(3)14-19(24)15-17(22)4/h6-11,14-15,18H,1-2,12-13H2,3-5H3,(H,25,27). The van der Waals surface area contributed by atoms with Gasteiger partial charge in [-0.25, -0.2) is 8.42 Å². The summed E-state index contributed by atoms with van der Waals surface area (Å²) in [6, 6.07) is 9.86. The minimum Gasteiger partial charge on any atom is -0.480 e. The van der Waals surface area contributed by atoms with E-state index in [1.807, 2.05) is 26.0 Å². The molecule has 2 aromatic rings. The lowest BCUT2D eigenvalue weighted by Crippen LogP contribution is -2.31. The highest BCUT2D eigenvalue weighted by Crippen LogP contribution is 2.28. The van der Waals surface area contributed by atoms with Crippen molar-refractivity contribution in [1.29, 1.82) is 0 Å². The van der Waals surface area contributed by atoms with Crippen LogP contribution < -0.4 is 10.1 Å². The van der Waals surface area contributed by atoms with E-state index in [0.29, 0.717) is 11.4 Å². The van der Waals surface area contributed by atoms with Gasteiger partial charge in [0.15, 0.2) is 6.10 Å². The summed E-state index contributed by atoms with van der Waals surface area (Å²) in [6.45, 7) is 13.0. The third-order valence-electron chi connectivity index (χ3n) is 4.51. The normalized spacial score (nSPS) is 12.3. The summed E-state index contributed by atoms with van der Waals surface area (Å²) < 4.78 is 33.6. The smallest absolute Gasteiger partial charge is 0.265 e. The number of nitrogens with one attached hydrogen (secondary N) is 1. The fourth-order valence-electron chi connectivity index (χ4n) is 2.98. The molecule has 0 aliphatic heterocycles. The van der Waals surface area contributed by atoms with Gasteiger partial charge in [0.25, 0.3) is 5.91 Å². The average molecular weight is 507 g/mol. The summed E-state index contributed by atoms with van der Waals surface area (Å²) >= 11 is 3.44. The molecule has 0 bridgehead atoms. The van der Waals surface area contributed by atoms with E-state index >= 15 is 0 Å². The topological polar surface area (TPSA) is 75.7 Å². The molecule has 1 N–H and O–H groups in total. The lowest BCUT2D eigenvalue weighted by molar-refractivity contribution is -0.122. The Bertz CT molecular complexity index is 1030. The number of benzene rings is 2. The Labute approximate surface area is 192 Å². The van der Waals surface area contributed by atoms with Crippen LogP contribution in [0.1, 0.15) is 18.1 Å². The summed E-state index contributed by atoms with van der Waals surface area (Å²) in [5.41, 5.74) is 2.32. The van der Waals surface area contributed by atoms with Gasteiger partial charge in [0.1, 0.15) is 5.75 Å². The van der Waals surface area contributed by atoms with Gasteiger partial charge in [0, 0.05) is 23.2 Å². The first-order valence-corrected chi connectivity index (χ1v) is 11.9. The highest BCUT2D eigenvalue weighted by Gasteiger charge is 2.23. The Morgan fingerprint density at radius 3 is 2.13 bits per heavy atom. The number of anilines is 1. The van der Waals surface area contributed by atoms with E-state index in [4.69, 9.17) is 4.74 Å². The number of hydrogen-bond acceptors (Lipinski definition) is 4. The van der Waals surface area contributed by atoms with Crippen LogP contribution in [0.2, 0.25) is 0 Å². The van der Waals surface area contributed by atoms with E-state index in [0.717, 1.165) is 15.6 Å². The van der Waals surface area contributed by atoms with E-state index in [2.05, 4.69) is 34.4 Å². The van der Waals surface area contributed by atoms with Gasteiger partial charge in [-0.3, -0.25) is 4.79 Å². The second-order valence-corrected chi connectivity index (χ2v) is 9.90. The van der Waals surface area contributed by atoms with Crippen molar-refractivity contribution in [2.24, 2.45) is 0 Å². The molecular formula is C23H27BrN2O4S. The number of carbonyl (C=O) groups is 1. The van der Waals surface area contributed by atoms with Crippen molar-refractivity contribution in [3.05, 3.63) is 77.3 Å². The molecule has 31 heavy (non-hydrogen) atoms. The third kappa shape index (κ3) is 6.29. The fraction of sp³-hybridized carbons (Fsp3) is 0.261. The van der Waals surface area contributed by atoms with Crippen LogP contribution in [0, 0.1) is 13.8 Å². The maximum absolute atomic E-state index is 12.8. The van der Waals surface area contributed by atoms with Crippen LogP contribution in [0.4, 0.5) is 5.69 Å². The quantitative estimate of drug-likeness (QED) is 0.468. The van der Waals surface area contributed by atoms with Gasteiger partial charge >= 0.3 is 0 Å². The number of ether oxygens (including phenoxy) is 1. The molecule has 0 saturated heterocycles. The number of rotatable bonds is 10. The molecule has 166 valence electrons. The molecule has 0 aromatic heterocycles. The number of sulfonamides is 1. The van der Waals surface area contributed by atoms with Crippen LogP contribution in [0.5, 0.6) is 5.75 Å². The molecule has 0 heterocycles. The molecule has 0 saturated carbocycles. The second-order valence-electron chi connectivity index (χ2n) is 7.04. The van der Waals surface area contributed by atoms with Crippen molar-refractivity contribution in [2.45, 2.75) is 31.8 Å². The van der Waals surface area contributed by atoms with Crippen LogP contribution >= 0.6 is 15.9 Å². The van der Waals surface area contributed by atoms with E-state index < -0.39 is 16.1 Å². The van der Waals surface area contributed by atoms with Crippen molar-refractivity contribution < 1.29 is 17.9 Å². The van der Waals surface area contributed by atoms with Gasteiger partial charge in [-0.1, -0.05) is 28.1 Å². The van der Waals surface area contributed by atoms with Gasteiger partial charge < -0.3 is 10.1 Å². The van der Waals surface area contributed by atoms with Crippen LogP contribution in [0.25, 0.3) is 0 Å². The fourth-order valence-corrected chi connectivity index (χ4v) is 5.04. The molecule has 1 atom stereocenters. The highest BCUT2D eigenvalue weighted by molar-refractivity contribution is 9.10. The zero-order chi connectivity index (χ0) is 23.2. The first-order chi connectivity index (χ1) is 14.6. The number of hydrogen-bond donors (Lipinski definition) is 1. The number of halogens is 1. The van der Waals surface area contributed by atoms with Crippen molar-refractivity contribution in [1.82, 2.24) is 4.31 Å². The van der Waals surface area contributed by atoms with E-state index in [9.17, 15) is 13.2 Å². The molecule has 0 fully saturated rings. The molecule has 1 amide bonds. The molecule has 8 heteroatoms. The third-order valence-corrected chi connectivity index (χ3v) is 6.82. The van der Waals surface area contributed by atoms with E-state index in [1.165, 1.54) is 28.6 Å². The molecule has 2 aromatic carbocycles. The molecule has 0 aliphatic rings. The molecule has 2 rings (SSSR count). The number of aryl methyl sites for hydroxylation is 2. The van der Waals surface area contributed by atoms with Crippen LogP contribution in [-0.2, 0) is 14.8 Å². The molecule has 0 aliphatic carbocycles. The predicted octanol–water partition coefficient (Wildman–Crippen LogP) is 4.83. The minimum absolute atomic E-state index is 0.125. The number of amides is 1. The van der Waals surface area contributed by atoms with Gasteiger partial charge in [0.2, 0.25) is 10.0 Å². The minimum atomic E-state index is -3.69. The maximum Gasteiger partial charge on any atom is 0.265 e. The first kappa shape index (κ1) is 24.8. The molecule has 0 radical (unpaired) electrons. The lowest BCUT2D eigenvalue weighted by Gasteiger charge is -2.20. The summed E-state index contributed by atoms with van der Waals surface area (Å²) in [4.78, 5) is 12.7. The van der Waals surface area contributed by atoms with Gasteiger partial charge in [-0.2, -0.15) is 4.31 Å². The molecule has 0 spiro atoms. The average Bonchev–Trinajstić information content (AvgIpc) is 2.70. The highest BCUT2D eigenvalue weighted by atomic mass is 79.9. The summed E-state index contributed by atoms with van der Waals surface area (Å²) in [6.07, 6.45) is 2.30. The van der Waals surface area contributed by atoms with E-state index in [-0.39, 0.29) is 23.9 Å². The predicted molar refractivity (Wildman–Crippen MR) is 128 cm³/mol. The SMILES string of the molecule is C=CCN(CC=C)S(=O)(=O)c1ccc(NC(=O)C(C)Oc2c(C)cc(Br)cc2C)cc1. The van der Waals surface area contributed by atoms with Crippen LogP contribution in [-0.4, -0.2) is 37.8 Å². The molecule has 6 nitrogen and oxygen atoms in total. The summed E-state index contributed by atoms with van der Waals surface area (Å²) in [5.74, 6) is 0.328. The van der Waals surface area contributed by atoms with Gasteiger partial charge in [-0.15, -0.1) is 13.2 Å². The Morgan fingerprint density at radius 2 is 1.65 bits per heavy atom. The number of nitrogens with zero attached hydrogens (tertiary/aromatic N) is 1. The Kier molecular flexibility index (Phi) is 8.61. The Hall–Kier alpha value is -2.42. The van der Waals surface area contributed by atoms with Crippen molar-refractivity contribution in [3.8, 4) is 5.75 Å². The Morgan fingerprint density at radius 1 is 1.13 bits per heavy atom. The summed E-state index contributed by atoms with van der Waals surface area (Å²) in [7, 11) is -3.69. The van der Waals surface area contributed by atoms with Crippen molar-refractivity contribution in [2.75, 3.05) is 18.4 Å². The van der Waals surface area contributed by atoms with Gasteiger partial charge in [-0.05, 0) is 68.3 Å². The lowest BCUT2D eigenvalue weighted by atomic mass is 10.1. The Balaban J connectivity index is 2.11. The summed E-state index contributed by atoms with van der Waals surface area (Å²) in [5, 5.41) is 2.76. The monoisotopic (exact) mass is 506 g/mol. The first-order valence-electron chi connectivity index (χ1n) is 9.66. The molecule has 1 unspecified atom stereocenters. The maximum atomic E-state index is 12.8. The van der Waals surface area contributed by atoms with E-state index in [1.54, 1.807) is 19.1 Å². The van der Waals surface area contributed by atoms with Crippen LogP contribution in [0.15, 0.2) is 71.1 Å². The number of carbonyl (C=O) groups excluding carboxylic acids is 1. The van der Waals surface area contributed by atoms with Gasteiger partial charge in [0.05, 0.1) is 4.90 Å². The zero-order valence-electron chi connectivity index (χ0n) is 17.9. The largest absolute Gasteiger partial charge is 0.480 e. The molecular weight excluding hydrogens is 480 g/mol. The van der Waals surface area contributed by atoms with Crippen molar-refractivity contribution >= 4 is 37.5 Å². The zero-order valence-corrected chi connectivity index (χ0v) is 20.3. The van der Waals surface area contributed by atoms with Crippen LogP contribution in [0.3, 0.4) is 0 Å².